The Balaban J connectivity index is 2.08. The molecule has 2 fully saturated rings. The third-order valence-corrected chi connectivity index (χ3v) is 19.1. The van der Waals surface area contributed by atoms with Gasteiger partial charge in [0.1, 0.15) is 18.0 Å². The molecule has 0 aromatic heterocycles. The molecule has 0 saturated carbocycles. The Labute approximate surface area is 265 Å². The summed E-state index contributed by atoms with van der Waals surface area (Å²) in [6.07, 6.45) is -2.42. The van der Waals surface area contributed by atoms with Crippen molar-refractivity contribution < 1.29 is 46.6 Å². The fourth-order valence-corrected chi connectivity index (χ4v) is 17.5. The van der Waals surface area contributed by atoms with Gasteiger partial charge in [-0.15, -0.1) is 6.58 Å². The zero-order chi connectivity index (χ0) is 32.9. The van der Waals surface area contributed by atoms with Crippen molar-refractivity contribution in [3.05, 3.63) is 42.5 Å². The number of hydrogen-bond acceptors (Lipinski definition) is 10. The molecule has 5 atom stereocenters. The van der Waals surface area contributed by atoms with E-state index in [1.54, 1.807) is 7.11 Å². The zero-order valence-corrected chi connectivity index (χ0v) is 30.2. The van der Waals surface area contributed by atoms with Crippen LogP contribution in [0.2, 0.25) is 22.2 Å². The number of methoxy groups -OCH3 is 2. The Hall–Kier alpha value is -1.62. The van der Waals surface area contributed by atoms with Gasteiger partial charge >= 0.3 is 23.1 Å². The Kier molecular flexibility index (Phi) is 12.8. The molecule has 10 nitrogen and oxygen atoms in total. The molecule has 2 aliphatic heterocycles. The van der Waals surface area contributed by atoms with Crippen LogP contribution in [0.25, 0.3) is 0 Å². The largest absolute Gasteiger partial charge is 0.497 e. The first-order valence-electron chi connectivity index (χ1n) is 15.7. The standard InChI is InChI=1S/C32H54O10Si2/c1-12-17-38-32(31(34)36-11)18-27(37-19-25-13-15-26(35-10)16-14-25)29(33)30(40-32)28-20-39-43(21(2)3,22(4)5)42-44(41-28,23(6)7)24(8)9/h12-16,21-24,27-30,33H,1,17-20H2,2-11H3/t27-,28+,29-,30-,32+/m1/s1. The minimum absolute atomic E-state index is 0.0155. The highest BCUT2D eigenvalue weighted by Gasteiger charge is 2.62. The van der Waals surface area contributed by atoms with E-state index in [0.29, 0.717) is 0 Å². The molecule has 1 N–H and O–H groups in total. The number of hydrogen-bond donors (Lipinski definition) is 1. The molecule has 0 amide bonds. The lowest BCUT2D eigenvalue weighted by Crippen LogP contribution is -2.65. The van der Waals surface area contributed by atoms with Crippen molar-refractivity contribution >= 4 is 23.1 Å². The Bertz CT molecular complexity index is 1060. The fourth-order valence-electron chi connectivity index (χ4n) is 6.30. The molecule has 2 aliphatic rings. The van der Waals surface area contributed by atoms with Crippen LogP contribution < -0.4 is 4.74 Å². The monoisotopic (exact) mass is 654 g/mol. The van der Waals surface area contributed by atoms with Gasteiger partial charge < -0.3 is 41.8 Å². The van der Waals surface area contributed by atoms with Crippen LogP contribution in [0.4, 0.5) is 0 Å². The van der Waals surface area contributed by atoms with E-state index in [9.17, 15) is 9.90 Å². The number of carbonyl (C=O) groups excluding carboxylic acids is 1. The minimum Gasteiger partial charge on any atom is -0.497 e. The van der Waals surface area contributed by atoms with Gasteiger partial charge in [-0.1, -0.05) is 73.6 Å². The maximum atomic E-state index is 13.4. The highest BCUT2D eigenvalue weighted by molar-refractivity contribution is 6.84. The normalized spacial score (nSPS) is 28.7. The topological polar surface area (TPSA) is 111 Å². The minimum atomic E-state index is -3.02. The van der Waals surface area contributed by atoms with Gasteiger partial charge in [0.2, 0.25) is 0 Å². The lowest BCUT2D eigenvalue weighted by Gasteiger charge is -2.48. The number of rotatable bonds is 13. The molecule has 12 heteroatoms. The number of aliphatic hydroxyl groups is 1. The summed E-state index contributed by atoms with van der Waals surface area (Å²) in [6.45, 7) is 21.1. The molecule has 0 unspecified atom stereocenters. The Morgan fingerprint density at radius 2 is 1.61 bits per heavy atom. The summed E-state index contributed by atoms with van der Waals surface area (Å²) >= 11 is 0. The van der Waals surface area contributed by atoms with Crippen molar-refractivity contribution in [1.29, 1.82) is 0 Å². The summed E-state index contributed by atoms with van der Waals surface area (Å²) in [7, 11) is -2.96. The number of benzene rings is 1. The van der Waals surface area contributed by atoms with Crippen LogP contribution >= 0.6 is 0 Å². The molecule has 0 spiro atoms. The molecular weight excluding hydrogens is 601 g/mol. The quantitative estimate of drug-likeness (QED) is 0.160. The summed E-state index contributed by atoms with van der Waals surface area (Å²) in [5, 5.41) is 11.9. The van der Waals surface area contributed by atoms with E-state index in [1.165, 1.54) is 13.2 Å². The number of ether oxygens (including phenoxy) is 5. The molecule has 2 saturated heterocycles. The number of carbonyl (C=O) groups is 1. The van der Waals surface area contributed by atoms with E-state index >= 15 is 0 Å². The molecule has 3 rings (SSSR count). The number of aliphatic hydroxyl groups excluding tert-OH is 1. The smallest absolute Gasteiger partial charge is 0.366 e. The van der Waals surface area contributed by atoms with Gasteiger partial charge in [-0.05, 0) is 39.9 Å². The van der Waals surface area contributed by atoms with Crippen LogP contribution in [0.5, 0.6) is 5.75 Å². The lowest BCUT2D eigenvalue weighted by atomic mass is 9.92. The first-order valence-corrected chi connectivity index (χ1v) is 19.6. The van der Waals surface area contributed by atoms with Crippen molar-refractivity contribution in [2.45, 2.75) is 121 Å². The molecule has 0 radical (unpaired) electrons. The number of esters is 1. The van der Waals surface area contributed by atoms with Gasteiger partial charge in [-0.3, -0.25) is 0 Å². The van der Waals surface area contributed by atoms with Gasteiger partial charge in [0, 0.05) is 6.42 Å². The predicted molar refractivity (Wildman–Crippen MR) is 172 cm³/mol. The first-order chi connectivity index (χ1) is 20.7. The van der Waals surface area contributed by atoms with Crippen LogP contribution in [0, 0.1) is 0 Å². The van der Waals surface area contributed by atoms with Gasteiger partial charge in [0.25, 0.3) is 5.79 Å². The van der Waals surface area contributed by atoms with Crippen molar-refractivity contribution in [2.24, 2.45) is 0 Å². The molecule has 0 aliphatic carbocycles. The molecule has 1 aromatic rings. The van der Waals surface area contributed by atoms with Crippen LogP contribution in [0.3, 0.4) is 0 Å². The predicted octanol–water partition coefficient (Wildman–Crippen LogP) is 5.76. The van der Waals surface area contributed by atoms with Gasteiger partial charge in [0.15, 0.2) is 0 Å². The molecule has 0 bridgehead atoms. The van der Waals surface area contributed by atoms with E-state index in [0.717, 1.165) is 11.3 Å². The van der Waals surface area contributed by atoms with E-state index < -0.39 is 53.3 Å². The SMILES string of the molecule is C=CCO[C@@]1(C(=O)OC)C[C@@H](OCc2ccc(OC)cc2)[C@@H](O)[C@@H]([C@@H]2CO[Si](C(C)C)(C(C)C)O[Si](C(C)C)(C(C)C)O2)O1. The molecule has 1 aromatic carbocycles. The highest BCUT2D eigenvalue weighted by Crippen LogP contribution is 2.48. The summed E-state index contributed by atoms with van der Waals surface area (Å²) in [5.74, 6) is -1.87. The molecule has 44 heavy (non-hydrogen) atoms. The summed E-state index contributed by atoms with van der Waals surface area (Å²) in [4.78, 5) is 13.4. The highest BCUT2D eigenvalue weighted by atomic mass is 28.5. The van der Waals surface area contributed by atoms with E-state index in [1.807, 2.05) is 24.3 Å². The maximum Gasteiger partial charge on any atom is 0.366 e. The summed E-state index contributed by atoms with van der Waals surface area (Å²) in [5.41, 5.74) is 1.31. The van der Waals surface area contributed by atoms with Crippen LogP contribution in [-0.2, 0) is 43.3 Å². The second kappa shape index (κ2) is 15.3. The average Bonchev–Trinajstić information content (AvgIpc) is 3.20. The van der Waals surface area contributed by atoms with Crippen molar-refractivity contribution in [1.82, 2.24) is 0 Å². The van der Waals surface area contributed by atoms with Gasteiger partial charge in [-0.2, -0.15) is 0 Å². The van der Waals surface area contributed by atoms with Crippen molar-refractivity contribution in [2.75, 3.05) is 27.4 Å². The second-order valence-electron chi connectivity index (χ2n) is 12.9. The second-order valence-corrected chi connectivity index (χ2v) is 21.8. The van der Waals surface area contributed by atoms with E-state index in [2.05, 4.69) is 62.0 Å². The van der Waals surface area contributed by atoms with E-state index in [4.69, 9.17) is 36.7 Å². The third-order valence-electron chi connectivity index (χ3n) is 8.78. The molecule has 2 heterocycles. The fraction of sp³-hybridized carbons (Fsp3) is 0.719. The van der Waals surface area contributed by atoms with Crippen LogP contribution in [0.1, 0.15) is 67.4 Å². The van der Waals surface area contributed by atoms with Crippen molar-refractivity contribution in [3.63, 3.8) is 0 Å². The first kappa shape index (κ1) is 36.8. The zero-order valence-electron chi connectivity index (χ0n) is 28.2. The van der Waals surface area contributed by atoms with Gasteiger partial charge in [0.05, 0.1) is 46.2 Å². The molecular formula is C32H54O10Si2. The maximum absolute atomic E-state index is 13.4. The van der Waals surface area contributed by atoms with Crippen LogP contribution in [-0.4, -0.2) is 85.8 Å². The summed E-state index contributed by atoms with van der Waals surface area (Å²) < 4.78 is 50.4. The third kappa shape index (κ3) is 7.50. The van der Waals surface area contributed by atoms with Crippen molar-refractivity contribution in [3.8, 4) is 5.75 Å². The Morgan fingerprint density at radius 3 is 2.11 bits per heavy atom. The van der Waals surface area contributed by atoms with Crippen LogP contribution in [0.15, 0.2) is 36.9 Å². The Morgan fingerprint density at radius 1 is 1.02 bits per heavy atom. The van der Waals surface area contributed by atoms with Gasteiger partial charge in [-0.25, -0.2) is 4.79 Å². The lowest BCUT2D eigenvalue weighted by molar-refractivity contribution is -0.325. The average molecular weight is 655 g/mol. The molecule has 250 valence electrons. The van der Waals surface area contributed by atoms with E-state index in [-0.39, 0.29) is 48.4 Å². The summed E-state index contributed by atoms with van der Waals surface area (Å²) in [6, 6.07) is 7.45.